The lowest BCUT2D eigenvalue weighted by atomic mass is 10.3. The Balaban J connectivity index is 2.78. The fourth-order valence-corrected chi connectivity index (χ4v) is 3.41. The summed E-state index contributed by atoms with van der Waals surface area (Å²) in [6.07, 6.45) is 1.33. The predicted octanol–water partition coefficient (Wildman–Crippen LogP) is 4.95. The van der Waals surface area contributed by atoms with Gasteiger partial charge in [-0.3, -0.25) is 4.57 Å². The van der Waals surface area contributed by atoms with Gasteiger partial charge in [0.25, 0.3) is 5.56 Å². The second-order valence-electron chi connectivity index (χ2n) is 4.27. The maximum Gasteiger partial charge on any atom is 0.396 e. The average molecular weight is 397 g/mol. The highest BCUT2D eigenvalue weighted by Gasteiger charge is 2.34. The molecule has 0 saturated heterocycles. The van der Waals surface area contributed by atoms with Crippen LogP contribution in [0.4, 0.5) is 0 Å². The Kier molecular flexibility index (Phi) is 8.81. The van der Waals surface area contributed by atoms with E-state index in [1.165, 1.54) is 13.0 Å². The summed E-state index contributed by atoms with van der Waals surface area (Å²) in [5, 5.41) is 0.515. The van der Waals surface area contributed by atoms with Crippen molar-refractivity contribution in [3.8, 4) is 5.75 Å². The van der Waals surface area contributed by atoms with Crippen LogP contribution in [0.15, 0.2) is 35.8 Å². The highest BCUT2D eigenvalue weighted by atomic mass is 35.5. The molecule has 0 N–H and O–H groups in total. The summed E-state index contributed by atoms with van der Waals surface area (Å²) in [5.74, 6) is -0.615. The van der Waals surface area contributed by atoms with Gasteiger partial charge in [-0.15, -0.1) is 0 Å². The number of alkyl halides is 1. The first kappa shape index (κ1) is 21.0. The van der Waals surface area contributed by atoms with Crippen molar-refractivity contribution in [2.24, 2.45) is 0 Å². The molecule has 0 fully saturated rings. The van der Waals surface area contributed by atoms with Crippen LogP contribution in [-0.2, 0) is 23.1 Å². The number of rotatable bonds is 9. The maximum atomic E-state index is 12.6. The first-order chi connectivity index (χ1) is 11.4. The van der Waals surface area contributed by atoms with E-state index in [1.54, 1.807) is 38.1 Å². The van der Waals surface area contributed by atoms with Crippen LogP contribution in [0.1, 0.15) is 20.8 Å². The van der Waals surface area contributed by atoms with Gasteiger partial charge in [0.2, 0.25) is 5.50 Å². The summed E-state index contributed by atoms with van der Waals surface area (Å²) < 4.78 is 33.2. The topological polar surface area (TPSA) is 71.1 Å². The van der Waals surface area contributed by atoms with E-state index in [9.17, 15) is 9.36 Å². The molecular weight excluding hydrogens is 378 g/mol. The van der Waals surface area contributed by atoms with Crippen molar-refractivity contribution in [3.05, 3.63) is 40.9 Å². The summed E-state index contributed by atoms with van der Waals surface area (Å²) >= 11 is 11.6. The summed E-state index contributed by atoms with van der Waals surface area (Å²) in [6.45, 7) is 5.08. The monoisotopic (exact) mass is 396 g/mol. The van der Waals surface area contributed by atoms with E-state index < -0.39 is 19.1 Å². The van der Waals surface area contributed by atoms with Crippen LogP contribution in [0, 0.1) is 0 Å². The molecular formula is C15H19Cl2O6P. The molecule has 1 rings (SSSR count). The number of esters is 1. The number of carbonyl (C=O) groups is 1. The van der Waals surface area contributed by atoms with Crippen LogP contribution < -0.4 is 4.74 Å². The number of allylic oxidation sites excluding steroid dienone is 1. The minimum atomic E-state index is -3.73. The molecule has 0 radical (unpaired) electrons. The van der Waals surface area contributed by atoms with E-state index in [1.807, 2.05) is 0 Å². The molecule has 1 unspecified atom stereocenters. The molecule has 0 saturated carbocycles. The SMILES string of the molecule is C/C=C(\OC(=O)C(Cl)Oc1ccc(Cl)cc1)P(=O)(OCC)OCC. The normalized spacial score (nSPS) is 13.5. The lowest BCUT2D eigenvalue weighted by Crippen LogP contribution is -2.24. The molecule has 0 heterocycles. The van der Waals surface area contributed by atoms with Gasteiger partial charge in [-0.25, -0.2) is 4.79 Å². The smallest absolute Gasteiger partial charge is 0.396 e. The predicted molar refractivity (Wildman–Crippen MR) is 92.4 cm³/mol. The molecule has 134 valence electrons. The first-order valence-corrected chi connectivity index (χ1v) is 9.56. The van der Waals surface area contributed by atoms with Crippen LogP contribution in [0.5, 0.6) is 5.75 Å². The van der Waals surface area contributed by atoms with Gasteiger partial charge in [0.1, 0.15) is 5.75 Å². The molecule has 0 bridgehead atoms. The van der Waals surface area contributed by atoms with Gasteiger partial charge in [-0.2, -0.15) is 0 Å². The van der Waals surface area contributed by atoms with E-state index >= 15 is 0 Å². The van der Waals surface area contributed by atoms with Gasteiger partial charge in [0.05, 0.1) is 13.2 Å². The van der Waals surface area contributed by atoms with Crippen molar-refractivity contribution in [2.45, 2.75) is 26.3 Å². The zero-order valence-electron chi connectivity index (χ0n) is 13.5. The third-order valence-electron chi connectivity index (χ3n) is 2.56. The molecule has 1 aromatic carbocycles. The Bertz CT molecular complexity index is 607. The van der Waals surface area contributed by atoms with Crippen LogP contribution in [0.25, 0.3) is 0 Å². The summed E-state index contributed by atoms with van der Waals surface area (Å²) in [6, 6.07) is 6.27. The quantitative estimate of drug-likeness (QED) is 0.254. The fraction of sp³-hybridized carbons (Fsp3) is 0.400. The fourth-order valence-electron chi connectivity index (χ4n) is 1.61. The maximum absolute atomic E-state index is 12.6. The van der Waals surface area contributed by atoms with Gasteiger partial charge in [-0.1, -0.05) is 23.2 Å². The van der Waals surface area contributed by atoms with E-state index in [2.05, 4.69) is 0 Å². The largest absolute Gasteiger partial charge is 0.463 e. The van der Waals surface area contributed by atoms with Crippen molar-refractivity contribution < 1.29 is 27.9 Å². The number of benzene rings is 1. The van der Waals surface area contributed by atoms with E-state index in [4.69, 9.17) is 41.7 Å². The Morgan fingerprint density at radius 3 is 2.21 bits per heavy atom. The summed E-state index contributed by atoms with van der Waals surface area (Å²) in [4.78, 5) is 12.1. The Morgan fingerprint density at radius 1 is 1.21 bits per heavy atom. The van der Waals surface area contributed by atoms with Crippen LogP contribution in [-0.4, -0.2) is 24.7 Å². The average Bonchev–Trinajstić information content (AvgIpc) is 2.54. The molecule has 0 amide bonds. The second-order valence-corrected chi connectivity index (χ2v) is 7.05. The van der Waals surface area contributed by atoms with E-state index in [-0.39, 0.29) is 18.7 Å². The molecule has 0 aromatic heterocycles. The molecule has 0 aliphatic heterocycles. The number of carbonyl (C=O) groups excluding carboxylic acids is 1. The van der Waals surface area contributed by atoms with Gasteiger partial charge in [0, 0.05) is 5.02 Å². The number of hydrogen-bond acceptors (Lipinski definition) is 6. The van der Waals surface area contributed by atoms with Crippen molar-refractivity contribution >= 4 is 36.8 Å². The molecule has 24 heavy (non-hydrogen) atoms. The molecule has 9 heteroatoms. The highest BCUT2D eigenvalue weighted by molar-refractivity contribution is 7.58. The van der Waals surface area contributed by atoms with E-state index in [0.29, 0.717) is 10.8 Å². The Hall–Kier alpha value is -1.04. The number of halogens is 2. The third kappa shape index (κ3) is 6.11. The minimum Gasteiger partial charge on any atom is -0.463 e. The van der Waals surface area contributed by atoms with Crippen molar-refractivity contribution in [2.75, 3.05) is 13.2 Å². The first-order valence-electron chi connectivity index (χ1n) is 7.20. The van der Waals surface area contributed by atoms with Crippen LogP contribution >= 0.6 is 30.8 Å². The highest BCUT2D eigenvalue weighted by Crippen LogP contribution is 2.56. The standard InChI is InChI=1S/C15H19Cl2O6P/c1-4-13(24(19,20-5-2)21-6-3)23-15(18)14(17)22-12-9-7-11(16)8-10-12/h4,7-10,14H,5-6H2,1-3H3/b13-4+. The molecule has 1 aromatic rings. The Morgan fingerprint density at radius 2 is 1.75 bits per heavy atom. The van der Waals surface area contributed by atoms with Gasteiger partial charge in [0.15, 0.2) is 0 Å². The Labute approximate surface area is 151 Å². The molecule has 0 spiro atoms. The molecule has 1 atom stereocenters. The van der Waals surface area contributed by atoms with Crippen molar-refractivity contribution in [1.82, 2.24) is 0 Å². The molecule has 6 nitrogen and oxygen atoms in total. The van der Waals surface area contributed by atoms with Crippen LogP contribution in [0.3, 0.4) is 0 Å². The van der Waals surface area contributed by atoms with Gasteiger partial charge in [-0.05, 0) is 51.1 Å². The summed E-state index contributed by atoms with van der Waals surface area (Å²) in [7, 11) is -3.73. The van der Waals surface area contributed by atoms with E-state index in [0.717, 1.165) is 0 Å². The van der Waals surface area contributed by atoms with Crippen LogP contribution in [0.2, 0.25) is 5.02 Å². The van der Waals surface area contributed by atoms with Crippen molar-refractivity contribution in [1.29, 1.82) is 0 Å². The summed E-state index contributed by atoms with van der Waals surface area (Å²) in [5.41, 5.74) is -1.68. The second kappa shape index (κ2) is 10.1. The number of ether oxygens (including phenoxy) is 2. The zero-order chi connectivity index (χ0) is 18.2. The zero-order valence-corrected chi connectivity index (χ0v) is 15.9. The third-order valence-corrected chi connectivity index (χ3v) is 5.16. The molecule has 0 aliphatic rings. The lowest BCUT2D eigenvalue weighted by Gasteiger charge is -2.20. The number of hydrogen-bond donors (Lipinski definition) is 0. The minimum absolute atomic E-state index is 0.123. The van der Waals surface area contributed by atoms with Gasteiger partial charge < -0.3 is 18.5 Å². The molecule has 0 aliphatic carbocycles. The van der Waals surface area contributed by atoms with Crippen molar-refractivity contribution in [3.63, 3.8) is 0 Å². The van der Waals surface area contributed by atoms with Gasteiger partial charge >= 0.3 is 13.6 Å². The lowest BCUT2D eigenvalue weighted by molar-refractivity contribution is -0.143.